The highest BCUT2D eigenvalue weighted by Gasteiger charge is 2.29. The van der Waals surface area contributed by atoms with Crippen molar-refractivity contribution in [2.24, 2.45) is 0 Å². The quantitative estimate of drug-likeness (QED) is 0.731. The van der Waals surface area contributed by atoms with Crippen LogP contribution in [0.2, 0.25) is 0 Å². The Hall–Kier alpha value is -3.02. The molecule has 0 aromatic heterocycles. The largest absolute Gasteiger partial charge is 0.508 e. The third-order valence-corrected chi connectivity index (χ3v) is 2.87. The molecule has 1 aliphatic heterocycles. The van der Waals surface area contributed by atoms with Crippen LogP contribution in [0.3, 0.4) is 0 Å². The number of nitrogens with zero attached hydrogens (tertiary/aromatic N) is 2. The van der Waals surface area contributed by atoms with Gasteiger partial charge >= 0.3 is 6.03 Å². The molecule has 122 valence electrons. The van der Waals surface area contributed by atoms with E-state index >= 15 is 0 Å². The molecule has 0 unspecified atom stereocenters. The van der Waals surface area contributed by atoms with Crippen LogP contribution in [0.4, 0.5) is 4.79 Å². The summed E-state index contributed by atoms with van der Waals surface area (Å²) < 4.78 is 0. The van der Waals surface area contributed by atoms with Gasteiger partial charge in [-0.1, -0.05) is 36.4 Å². The molecule has 0 saturated carbocycles. The Balaban J connectivity index is 0.000000175. The van der Waals surface area contributed by atoms with E-state index in [1.807, 2.05) is 12.1 Å². The van der Waals surface area contributed by atoms with Crippen molar-refractivity contribution in [2.75, 3.05) is 20.6 Å². The first-order valence-electron chi connectivity index (χ1n) is 6.91. The van der Waals surface area contributed by atoms with Gasteiger partial charge < -0.3 is 15.1 Å². The molecule has 1 saturated heterocycles. The Morgan fingerprint density at radius 2 is 1.17 bits per heavy atom. The second-order valence-corrected chi connectivity index (χ2v) is 4.76. The van der Waals surface area contributed by atoms with E-state index in [9.17, 15) is 9.59 Å². The second kappa shape index (κ2) is 9.09. The van der Waals surface area contributed by atoms with Crippen molar-refractivity contribution in [1.29, 1.82) is 0 Å². The number of carbonyl (C=O) groups is 2. The van der Waals surface area contributed by atoms with Crippen LogP contribution in [0, 0.1) is 0 Å². The number of hydrogen-bond acceptors (Lipinski definition) is 4. The Kier molecular flexibility index (Phi) is 7.13. The van der Waals surface area contributed by atoms with Crippen LogP contribution in [-0.4, -0.2) is 52.6 Å². The van der Waals surface area contributed by atoms with E-state index < -0.39 is 0 Å². The van der Waals surface area contributed by atoms with Crippen molar-refractivity contribution in [3.05, 3.63) is 60.7 Å². The maximum atomic E-state index is 10.7. The minimum atomic E-state index is -0.222. The first-order chi connectivity index (χ1) is 10.9. The summed E-state index contributed by atoms with van der Waals surface area (Å²) in [6.45, 7) is 0.218. The lowest BCUT2D eigenvalue weighted by atomic mass is 10.3. The number of imide groups is 1. The number of hydrogen-bond donors (Lipinski definition) is 2. The standard InChI is InChI=1S/2C6H6O.C5H8N2O2/c2*7-6-4-2-1-3-5-6;1-6-3-4(8)7(2)5(6)9/h2*1-5,7H;3H2,1-2H3. The summed E-state index contributed by atoms with van der Waals surface area (Å²) in [7, 11) is 3.08. The van der Waals surface area contributed by atoms with Gasteiger partial charge in [-0.3, -0.25) is 9.69 Å². The maximum Gasteiger partial charge on any atom is 0.326 e. The molecule has 0 radical (unpaired) electrons. The molecular formula is C17H20N2O4. The van der Waals surface area contributed by atoms with E-state index in [1.165, 1.54) is 11.9 Å². The number of carbonyl (C=O) groups excluding carboxylic acids is 2. The number of likely N-dealkylation sites (N-methyl/N-ethyl adjacent to an activating group) is 2. The lowest BCUT2D eigenvalue weighted by Gasteiger charge is -2.05. The minimum Gasteiger partial charge on any atom is -0.508 e. The molecule has 1 aliphatic rings. The topological polar surface area (TPSA) is 81.1 Å². The minimum absolute atomic E-state index is 0.137. The molecule has 0 atom stereocenters. The number of phenols is 2. The van der Waals surface area contributed by atoms with Crippen LogP contribution in [-0.2, 0) is 4.79 Å². The number of rotatable bonds is 0. The van der Waals surface area contributed by atoms with Crippen molar-refractivity contribution in [3.63, 3.8) is 0 Å². The number of para-hydroxylation sites is 2. The van der Waals surface area contributed by atoms with Gasteiger partial charge in [-0.2, -0.15) is 0 Å². The molecule has 0 aliphatic carbocycles. The molecule has 6 heteroatoms. The van der Waals surface area contributed by atoms with Gasteiger partial charge in [-0.05, 0) is 24.3 Å². The molecule has 1 heterocycles. The first-order valence-corrected chi connectivity index (χ1v) is 6.91. The fourth-order valence-corrected chi connectivity index (χ4v) is 1.60. The van der Waals surface area contributed by atoms with Gasteiger partial charge in [-0.15, -0.1) is 0 Å². The Morgan fingerprint density at radius 1 is 0.783 bits per heavy atom. The molecule has 1 fully saturated rings. The van der Waals surface area contributed by atoms with Crippen LogP contribution >= 0.6 is 0 Å². The highest BCUT2D eigenvalue weighted by molar-refractivity contribution is 6.01. The van der Waals surface area contributed by atoms with E-state index in [1.54, 1.807) is 55.6 Å². The van der Waals surface area contributed by atoms with Crippen LogP contribution < -0.4 is 0 Å². The summed E-state index contributed by atoms with van der Waals surface area (Å²) in [5, 5.41) is 17.3. The number of amides is 3. The average molecular weight is 316 g/mol. The van der Waals surface area contributed by atoms with E-state index in [0.29, 0.717) is 11.5 Å². The molecule has 23 heavy (non-hydrogen) atoms. The van der Waals surface area contributed by atoms with Gasteiger partial charge in [0.15, 0.2) is 0 Å². The highest BCUT2D eigenvalue weighted by atomic mass is 16.3. The van der Waals surface area contributed by atoms with E-state index in [0.717, 1.165) is 4.90 Å². The lowest BCUT2D eigenvalue weighted by molar-refractivity contribution is -0.124. The van der Waals surface area contributed by atoms with Crippen molar-refractivity contribution in [1.82, 2.24) is 9.80 Å². The molecule has 3 rings (SSSR count). The first kappa shape index (κ1) is 18.0. The van der Waals surface area contributed by atoms with Crippen LogP contribution in [0.1, 0.15) is 0 Å². The monoisotopic (exact) mass is 316 g/mol. The fraction of sp³-hybridized carbons (Fsp3) is 0.176. The predicted octanol–water partition coefficient (Wildman–Crippen LogP) is 2.29. The van der Waals surface area contributed by atoms with Gasteiger partial charge in [-0.25, -0.2) is 4.79 Å². The molecular weight excluding hydrogens is 296 g/mol. The Morgan fingerprint density at radius 3 is 1.30 bits per heavy atom. The van der Waals surface area contributed by atoms with Crippen molar-refractivity contribution in [3.8, 4) is 11.5 Å². The predicted molar refractivity (Wildman–Crippen MR) is 87.0 cm³/mol. The van der Waals surface area contributed by atoms with Crippen LogP contribution in [0.5, 0.6) is 11.5 Å². The molecule has 2 N–H and O–H groups in total. The summed E-state index contributed by atoms with van der Waals surface area (Å²) in [6, 6.07) is 17.2. The zero-order valence-electron chi connectivity index (χ0n) is 13.1. The third kappa shape index (κ3) is 6.52. The fourth-order valence-electron chi connectivity index (χ4n) is 1.60. The zero-order chi connectivity index (χ0) is 17.2. The smallest absolute Gasteiger partial charge is 0.326 e. The summed E-state index contributed by atoms with van der Waals surface area (Å²) in [5.41, 5.74) is 0. The number of urea groups is 1. The molecule has 2 aromatic carbocycles. The van der Waals surface area contributed by atoms with Crippen molar-refractivity contribution >= 4 is 11.9 Å². The van der Waals surface area contributed by atoms with Gasteiger partial charge in [0.1, 0.15) is 18.0 Å². The SMILES string of the molecule is CN1CC(=O)N(C)C1=O.Oc1ccccc1.Oc1ccccc1. The Bertz CT molecular complexity index is 580. The van der Waals surface area contributed by atoms with Crippen molar-refractivity contribution in [2.45, 2.75) is 0 Å². The normalized spacial score (nSPS) is 13.0. The van der Waals surface area contributed by atoms with Gasteiger partial charge in [0.2, 0.25) is 5.91 Å². The average Bonchev–Trinajstić information content (AvgIpc) is 2.76. The van der Waals surface area contributed by atoms with Crippen molar-refractivity contribution < 1.29 is 19.8 Å². The number of aromatic hydroxyl groups is 2. The van der Waals surface area contributed by atoms with Gasteiger partial charge in [0.05, 0.1) is 0 Å². The summed E-state index contributed by atoms with van der Waals surface area (Å²) in [6.07, 6.45) is 0. The van der Waals surface area contributed by atoms with Gasteiger partial charge in [0, 0.05) is 14.1 Å². The molecule has 0 bridgehead atoms. The van der Waals surface area contributed by atoms with E-state index in [4.69, 9.17) is 10.2 Å². The number of phenolic OH excluding ortho intramolecular Hbond substituents is 2. The molecule has 2 aromatic rings. The Labute approximate surface area is 135 Å². The summed E-state index contributed by atoms with van der Waals surface area (Å²) in [5.74, 6) is 0.507. The summed E-state index contributed by atoms with van der Waals surface area (Å²) in [4.78, 5) is 23.9. The van der Waals surface area contributed by atoms with Gasteiger partial charge in [0.25, 0.3) is 0 Å². The third-order valence-electron chi connectivity index (χ3n) is 2.87. The highest BCUT2D eigenvalue weighted by Crippen LogP contribution is 2.04. The van der Waals surface area contributed by atoms with Crippen LogP contribution in [0.15, 0.2) is 60.7 Å². The van der Waals surface area contributed by atoms with E-state index in [2.05, 4.69) is 0 Å². The second-order valence-electron chi connectivity index (χ2n) is 4.76. The maximum absolute atomic E-state index is 10.7. The van der Waals surface area contributed by atoms with E-state index in [-0.39, 0.29) is 18.5 Å². The molecule has 0 spiro atoms. The number of benzene rings is 2. The molecule has 3 amide bonds. The molecule has 6 nitrogen and oxygen atoms in total. The lowest BCUT2D eigenvalue weighted by Crippen LogP contribution is -2.27. The van der Waals surface area contributed by atoms with Crippen LogP contribution in [0.25, 0.3) is 0 Å². The summed E-state index contributed by atoms with van der Waals surface area (Å²) >= 11 is 0. The zero-order valence-corrected chi connectivity index (χ0v) is 13.1.